The highest BCUT2D eigenvalue weighted by molar-refractivity contribution is 7.71. The summed E-state index contributed by atoms with van der Waals surface area (Å²) in [5.74, 6) is 0.832. The van der Waals surface area contributed by atoms with Crippen molar-refractivity contribution in [2.75, 3.05) is 7.11 Å². The number of hydrogen-bond acceptors (Lipinski definition) is 3. The lowest BCUT2D eigenvalue weighted by Crippen LogP contribution is -2.09. The van der Waals surface area contributed by atoms with Gasteiger partial charge in [-0.1, -0.05) is 25.5 Å². The normalized spacial score (nSPS) is 12.7. The summed E-state index contributed by atoms with van der Waals surface area (Å²) in [5, 5.41) is 2.12. The first kappa shape index (κ1) is 14.4. The van der Waals surface area contributed by atoms with Crippen molar-refractivity contribution in [3.05, 3.63) is 45.4 Å². The monoisotopic (exact) mass is 318 g/mol. The minimum Gasteiger partial charge on any atom is -0.494 e. The highest BCUT2D eigenvalue weighted by Gasteiger charge is 2.19. The second-order valence-corrected chi connectivity index (χ2v) is 6.34. The predicted octanol–water partition coefficient (Wildman–Crippen LogP) is 5.16. The number of fused-ring (bicyclic) bond motifs is 1. The Morgan fingerprint density at radius 1 is 1.33 bits per heavy atom. The summed E-state index contributed by atoms with van der Waals surface area (Å²) in [6.07, 6.45) is 2.18. The van der Waals surface area contributed by atoms with Gasteiger partial charge in [0.1, 0.15) is 11.3 Å². The maximum Gasteiger partial charge on any atom is 0.178 e. The van der Waals surface area contributed by atoms with Crippen LogP contribution >= 0.6 is 23.6 Å². The lowest BCUT2D eigenvalue weighted by atomic mass is 10.1. The second-order valence-electron chi connectivity index (χ2n) is 4.97. The maximum absolute atomic E-state index is 5.58. The molecule has 1 unspecified atom stereocenters. The number of benzene rings is 1. The topological polar surface area (TPSA) is 29.9 Å². The molecule has 0 aliphatic carbocycles. The van der Waals surface area contributed by atoms with Crippen molar-refractivity contribution in [3.8, 4) is 5.75 Å². The van der Waals surface area contributed by atoms with Crippen LogP contribution in [0.1, 0.15) is 30.7 Å². The zero-order valence-electron chi connectivity index (χ0n) is 12.1. The molecule has 0 bridgehead atoms. The van der Waals surface area contributed by atoms with E-state index >= 15 is 0 Å². The van der Waals surface area contributed by atoms with E-state index in [2.05, 4.69) is 40.1 Å². The fourth-order valence-corrected chi connectivity index (χ4v) is 3.93. The molecule has 0 spiro atoms. The third-order valence-electron chi connectivity index (χ3n) is 3.68. The number of H-pyrrole nitrogens is 1. The summed E-state index contributed by atoms with van der Waals surface area (Å²) in [5.41, 5.74) is 2.08. The predicted molar refractivity (Wildman–Crippen MR) is 91.0 cm³/mol. The van der Waals surface area contributed by atoms with E-state index in [1.807, 2.05) is 12.1 Å². The summed E-state index contributed by atoms with van der Waals surface area (Å²) in [6, 6.07) is 10.6. The molecular weight excluding hydrogens is 300 g/mol. The van der Waals surface area contributed by atoms with Crippen LogP contribution in [0.5, 0.6) is 5.75 Å². The number of nitrogens with zero attached hydrogens (tertiary/aromatic N) is 1. The number of ether oxygens (including phenoxy) is 1. The van der Waals surface area contributed by atoms with Crippen molar-refractivity contribution < 1.29 is 4.74 Å². The van der Waals surface area contributed by atoms with Crippen molar-refractivity contribution in [2.45, 2.75) is 25.8 Å². The molecule has 1 N–H and O–H groups in total. The number of aromatic nitrogens is 2. The lowest BCUT2D eigenvalue weighted by Gasteiger charge is -2.17. The van der Waals surface area contributed by atoms with E-state index in [-0.39, 0.29) is 6.04 Å². The van der Waals surface area contributed by atoms with Gasteiger partial charge in [0, 0.05) is 4.88 Å². The molecule has 0 fully saturated rings. The first-order valence-electron chi connectivity index (χ1n) is 7.07. The Labute approximate surface area is 133 Å². The van der Waals surface area contributed by atoms with Gasteiger partial charge in [0.2, 0.25) is 0 Å². The van der Waals surface area contributed by atoms with Gasteiger partial charge in [-0.2, -0.15) is 0 Å². The summed E-state index contributed by atoms with van der Waals surface area (Å²) in [7, 11) is 1.69. The summed E-state index contributed by atoms with van der Waals surface area (Å²) in [4.78, 5) is 4.65. The molecular formula is C16H18N2OS2. The fourth-order valence-electron chi connectivity index (χ4n) is 2.75. The van der Waals surface area contributed by atoms with E-state index < -0.39 is 0 Å². The minimum absolute atomic E-state index is 0.281. The van der Waals surface area contributed by atoms with Crippen LogP contribution in [0.4, 0.5) is 0 Å². The quantitative estimate of drug-likeness (QED) is 0.659. The number of imidazole rings is 1. The molecule has 0 aliphatic heterocycles. The van der Waals surface area contributed by atoms with Gasteiger partial charge in [-0.15, -0.1) is 11.3 Å². The van der Waals surface area contributed by atoms with Gasteiger partial charge in [0.05, 0.1) is 18.7 Å². The Balaban J connectivity index is 2.23. The molecule has 5 heteroatoms. The molecule has 3 nitrogen and oxygen atoms in total. The van der Waals surface area contributed by atoms with E-state index in [1.165, 1.54) is 4.88 Å². The van der Waals surface area contributed by atoms with Gasteiger partial charge in [0.25, 0.3) is 0 Å². The van der Waals surface area contributed by atoms with Crippen molar-refractivity contribution in [2.24, 2.45) is 0 Å². The van der Waals surface area contributed by atoms with Gasteiger partial charge in [0.15, 0.2) is 4.77 Å². The molecule has 2 aromatic heterocycles. The lowest BCUT2D eigenvalue weighted by molar-refractivity contribution is 0.419. The second kappa shape index (κ2) is 6.03. The number of para-hydroxylation sites is 1. The molecule has 1 atom stereocenters. The van der Waals surface area contributed by atoms with Gasteiger partial charge in [-0.05, 0) is 42.2 Å². The molecule has 0 saturated carbocycles. The Bertz CT molecular complexity index is 786. The van der Waals surface area contributed by atoms with Gasteiger partial charge in [-0.25, -0.2) is 0 Å². The number of rotatable bonds is 5. The van der Waals surface area contributed by atoms with Crippen LogP contribution in [0.3, 0.4) is 0 Å². The van der Waals surface area contributed by atoms with Crippen LogP contribution in [-0.2, 0) is 0 Å². The number of nitrogens with one attached hydrogen (secondary N) is 1. The Hall–Kier alpha value is -1.59. The summed E-state index contributed by atoms with van der Waals surface area (Å²) < 4.78 is 8.41. The zero-order valence-corrected chi connectivity index (χ0v) is 13.8. The van der Waals surface area contributed by atoms with E-state index in [0.717, 1.165) is 34.4 Å². The molecule has 2 heterocycles. The smallest absolute Gasteiger partial charge is 0.178 e. The molecule has 110 valence electrons. The van der Waals surface area contributed by atoms with Crippen molar-refractivity contribution in [1.29, 1.82) is 0 Å². The first-order chi connectivity index (χ1) is 10.3. The van der Waals surface area contributed by atoms with E-state index in [1.54, 1.807) is 18.4 Å². The van der Waals surface area contributed by atoms with Crippen LogP contribution in [0, 0.1) is 4.77 Å². The van der Waals surface area contributed by atoms with E-state index in [0.29, 0.717) is 0 Å². The Kier molecular flexibility index (Phi) is 4.12. The Morgan fingerprint density at radius 3 is 2.86 bits per heavy atom. The number of hydrogen-bond donors (Lipinski definition) is 1. The fraction of sp³-hybridized carbons (Fsp3) is 0.312. The molecule has 0 aliphatic rings. The van der Waals surface area contributed by atoms with Crippen LogP contribution in [0.2, 0.25) is 0 Å². The third kappa shape index (κ3) is 2.51. The molecule has 0 radical (unpaired) electrons. The van der Waals surface area contributed by atoms with Crippen LogP contribution in [0.25, 0.3) is 11.0 Å². The minimum atomic E-state index is 0.281. The summed E-state index contributed by atoms with van der Waals surface area (Å²) >= 11 is 7.37. The number of methoxy groups -OCH3 is 1. The SMILES string of the molecule is CCCC(c1cccs1)n1c(=S)[nH]c2c(OC)cccc21. The molecule has 1 aromatic carbocycles. The van der Waals surface area contributed by atoms with Gasteiger partial charge >= 0.3 is 0 Å². The zero-order chi connectivity index (χ0) is 14.8. The van der Waals surface area contributed by atoms with E-state index in [9.17, 15) is 0 Å². The highest BCUT2D eigenvalue weighted by Crippen LogP contribution is 2.33. The van der Waals surface area contributed by atoms with Crippen molar-refractivity contribution in [3.63, 3.8) is 0 Å². The molecule has 3 aromatic rings. The third-order valence-corrected chi connectivity index (χ3v) is 4.95. The molecule has 0 saturated heterocycles. The number of aromatic amines is 1. The summed E-state index contributed by atoms with van der Waals surface area (Å²) in [6.45, 7) is 2.21. The largest absolute Gasteiger partial charge is 0.494 e. The van der Waals surface area contributed by atoms with Crippen LogP contribution < -0.4 is 4.74 Å². The molecule has 0 amide bonds. The van der Waals surface area contributed by atoms with Crippen molar-refractivity contribution >= 4 is 34.6 Å². The average molecular weight is 318 g/mol. The highest BCUT2D eigenvalue weighted by atomic mass is 32.1. The standard InChI is InChI=1S/C16H18N2OS2/c1-3-6-11(14-9-5-10-21-14)18-12-7-4-8-13(19-2)15(12)17-16(18)20/h4-5,7-11H,3,6H2,1-2H3,(H,17,20). The van der Waals surface area contributed by atoms with Crippen molar-refractivity contribution in [1.82, 2.24) is 9.55 Å². The Morgan fingerprint density at radius 2 is 2.19 bits per heavy atom. The average Bonchev–Trinajstić information content (AvgIpc) is 3.12. The number of thiophene rings is 1. The maximum atomic E-state index is 5.58. The van der Waals surface area contributed by atoms with Gasteiger partial charge < -0.3 is 14.3 Å². The molecule has 3 rings (SSSR count). The van der Waals surface area contributed by atoms with E-state index in [4.69, 9.17) is 17.0 Å². The van der Waals surface area contributed by atoms with Gasteiger partial charge in [-0.3, -0.25) is 0 Å². The van der Waals surface area contributed by atoms with Crippen LogP contribution in [-0.4, -0.2) is 16.7 Å². The molecule has 21 heavy (non-hydrogen) atoms. The first-order valence-corrected chi connectivity index (χ1v) is 8.35. The van der Waals surface area contributed by atoms with Crippen LogP contribution in [0.15, 0.2) is 35.7 Å².